The topological polar surface area (TPSA) is 49.4 Å². The monoisotopic (exact) mass is 528 g/mol. The van der Waals surface area contributed by atoms with Crippen LogP contribution in [-0.2, 0) is 28.3 Å². The molecule has 1 aliphatic rings. The van der Waals surface area contributed by atoms with Gasteiger partial charge in [-0.1, -0.05) is 110 Å². The number of amides is 2. The van der Waals surface area contributed by atoms with Crippen molar-refractivity contribution in [1.29, 1.82) is 0 Å². The second-order valence-electron chi connectivity index (χ2n) is 10.3. The Hall–Kier alpha value is -3.05. The number of hydrogen-bond acceptors (Lipinski definition) is 3. The fraction of sp³-hybridized carbons (Fsp3) is 0.394. The first kappa shape index (κ1) is 28.0. The SMILES string of the molecule is Cc1ccc(CN(C(=O)CCSCc2ccccc2)[C@H](Cc2ccccc2)C(=O)NC2CCCCC2)cc1. The van der Waals surface area contributed by atoms with Gasteiger partial charge in [0.1, 0.15) is 6.04 Å². The fourth-order valence-electron chi connectivity index (χ4n) is 5.06. The number of nitrogens with one attached hydrogen (secondary N) is 1. The minimum atomic E-state index is -0.549. The van der Waals surface area contributed by atoms with Crippen molar-refractivity contribution in [3.8, 4) is 0 Å². The van der Waals surface area contributed by atoms with Gasteiger partial charge >= 0.3 is 0 Å². The summed E-state index contributed by atoms with van der Waals surface area (Å²) in [6, 6.07) is 28.3. The van der Waals surface area contributed by atoms with Gasteiger partial charge in [0.2, 0.25) is 11.8 Å². The Morgan fingerprint density at radius 3 is 2.13 bits per heavy atom. The van der Waals surface area contributed by atoms with Crippen molar-refractivity contribution in [2.45, 2.75) is 76.3 Å². The predicted octanol–water partition coefficient (Wildman–Crippen LogP) is 6.71. The standard InChI is InChI=1S/C33H40N2O2S/c1-26-17-19-28(20-18-26)24-35(32(36)21-22-38-25-29-13-7-3-8-14-29)31(23-27-11-5-2-6-12-27)33(37)34-30-15-9-4-10-16-30/h2-3,5-8,11-14,17-20,30-31H,4,9-10,15-16,21-25H2,1H3,(H,34,37)/t31-/m1/s1. The zero-order valence-corrected chi connectivity index (χ0v) is 23.3. The molecule has 4 rings (SSSR count). The molecule has 0 unspecified atom stereocenters. The van der Waals surface area contributed by atoms with E-state index in [-0.39, 0.29) is 17.9 Å². The zero-order chi connectivity index (χ0) is 26.6. The highest BCUT2D eigenvalue weighted by Crippen LogP contribution is 2.21. The molecule has 0 aliphatic heterocycles. The van der Waals surface area contributed by atoms with Gasteiger partial charge in [0, 0.05) is 36.9 Å². The second kappa shape index (κ2) is 14.8. The summed E-state index contributed by atoms with van der Waals surface area (Å²) in [6.07, 6.45) is 6.49. The largest absolute Gasteiger partial charge is 0.352 e. The Morgan fingerprint density at radius 2 is 1.47 bits per heavy atom. The third-order valence-corrected chi connectivity index (χ3v) is 8.30. The summed E-state index contributed by atoms with van der Waals surface area (Å²) >= 11 is 1.76. The van der Waals surface area contributed by atoms with Crippen LogP contribution in [0.3, 0.4) is 0 Å². The molecule has 3 aromatic carbocycles. The molecule has 1 fully saturated rings. The van der Waals surface area contributed by atoms with Crippen LogP contribution in [0.25, 0.3) is 0 Å². The third kappa shape index (κ3) is 8.76. The molecular formula is C33H40N2O2S. The number of carbonyl (C=O) groups excluding carboxylic acids is 2. The second-order valence-corrected chi connectivity index (χ2v) is 11.4. The highest BCUT2D eigenvalue weighted by atomic mass is 32.2. The normalized spacial score (nSPS) is 14.6. The van der Waals surface area contributed by atoms with E-state index < -0.39 is 6.04 Å². The summed E-state index contributed by atoms with van der Waals surface area (Å²) in [4.78, 5) is 29.4. The van der Waals surface area contributed by atoms with Crippen LogP contribution in [0, 0.1) is 6.92 Å². The van der Waals surface area contributed by atoms with Crippen molar-refractivity contribution < 1.29 is 9.59 Å². The van der Waals surface area contributed by atoms with Crippen molar-refractivity contribution in [2.24, 2.45) is 0 Å². The smallest absolute Gasteiger partial charge is 0.243 e. The van der Waals surface area contributed by atoms with E-state index in [1.165, 1.54) is 17.5 Å². The first-order valence-electron chi connectivity index (χ1n) is 13.9. The van der Waals surface area contributed by atoms with E-state index in [1.807, 2.05) is 53.4 Å². The molecule has 3 aromatic rings. The van der Waals surface area contributed by atoms with E-state index in [9.17, 15) is 9.59 Å². The molecule has 4 nitrogen and oxygen atoms in total. The molecule has 5 heteroatoms. The summed E-state index contributed by atoms with van der Waals surface area (Å²) in [5.41, 5.74) is 4.55. The van der Waals surface area contributed by atoms with Crippen molar-refractivity contribution >= 4 is 23.6 Å². The average molecular weight is 529 g/mol. The van der Waals surface area contributed by atoms with E-state index in [0.29, 0.717) is 19.4 Å². The molecule has 0 radical (unpaired) electrons. The van der Waals surface area contributed by atoms with Gasteiger partial charge in [0.25, 0.3) is 0 Å². The molecule has 200 valence electrons. The molecule has 0 aromatic heterocycles. The van der Waals surface area contributed by atoms with Crippen LogP contribution in [0.5, 0.6) is 0 Å². The number of carbonyl (C=O) groups is 2. The number of benzene rings is 3. The number of aryl methyl sites for hydroxylation is 1. The molecule has 1 aliphatic carbocycles. The van der Waals surface area contributed by atoms with Gasteiger partial charge in [0.05, 0.1) is 0 Å². The quantitative estimate of drug-likeness (QED) is 0.266. The van der Waals surface area contributed by atoms with Crippen molar-refractivity contribution in [1.82, 2.24) is 10.2 Å². The minimum Gasteiger partial charge on any atom is -0.352 e. The van der Waals surface area contributed by atoms with Crippen LogP contribution < -0.4 is 5.32 Å². The minimum absolute atomic E-state index is 0.0295. The van der Waals surface area contributed by atoms with E-state index in [0.717, 1.165) is 48.3 Å². The Labute approximate surface area is 232 Å². The van der Waals surface area contributed by atoms with E-state index in [2.05, 4.69) is 48.6 Å². The van der Waals surface area contributed by atoms with Crippen molar-refractivity contribution in [3.63, 3.8) is 0 Å². The summed E-state index contributed by atoms with van der Waals surface area (Å²) in [5.74, 6) is 1.60. The first-order valence-corrected chi connectivity index (χ1v) is 15.0. The molecule has 2 amide bonds. The number of hydrogen-bond donors (Lipinski definition) is 1. The molecule has 1 saturated carbocycles. The Balaban J connectivity index is 1.52. The van der Waals surface area contributed by atoms with Crippen LogP contribution in [0.15, 0.2) is 84.9 Å². The molecule has 0 heterocycles. The molecule has 38 heavy (non-hydrogen) atoms. The van der Waals surface area contributed by atoms with Gasteiger partial charge in [-0.05, 0) is 36.5 Å². The van der Waals surface area contributed by atoms with E-state index in [4.69, 9.17) is 0 Å². The van der Waals surface area contributed by atoms with Gasteiger partial charge < -0.3 is 10.2 Å². The zero-order valence-electron chi connectivity index (χ0n) is 22.5. The number of thioether (sulfide) groups is 1. The van der Waals surface area contributed by atoms with E-state index >= 15 is 0 Å². The highest BCUT2D eigenvalue weighted by molar-refractivity contribution is 7.98. The van der Waals surface area contributed by atoms with E-state index in [1.54, 1.807) is 11.8 Å². The lowest BCUT2D eigenvalue weighted by molar-refractivity contribution is -0.141. The molecule has 1 N–H and O–H groups in total. The predicted molar refractivity (Wildman–Crippen MR) is 158 cm³/mol. The first-order chi connectivity index (χ1) is 18.6. The van der Waals surface area contributed by atoms with Gasteiger partial charge in [-0.25, -0.2) is 0 Å². The van der Waals surface area contributed by atoms with Gasteiger partial charge in [0.15, 0.2) is 0 Å². The van der Waals surface area contributed by atoms with Gasteiger partial charge in [-0.2, -0.15) is 11.8 Å². The van der Waals surface area contributed by atoms with Crippen LogP contribution in [-0.4, -0.2) is 34.6 Å². The average Bonchev–Trinajstić information content (AvgIpc) is 2.95. The van der Waals surface area contributed by atoms with Crippen LogP contribution in [0.2, 0.25) is 0 Å². The van der Waals surface area contributed by atoms with Crippen LogP contribution >= 0.6 is 11.8 Å². The molecule has 1 atom stereocenters. The molecule has 0 saturated heterocycles. The summed E-state index contributed by atoms with van der Waals surface area (Å²) in [5, 5.41) is 3.32. The highest BCUT2D eigenvalue weighted by Gasteiger charge is 2.31. The van der Waals surface area contributed by atoms with Crippen LogP contribution in [0.4, 0.5) is 0 Å². The maximum absolute atomic E-state index is 13.8. The lowest BCUT2D eigenvalue weighted by atomic mass is 9.94. The Kier molecular flexibility index (Phi) is 10.9. The summed E-state index contributed by atoms with van der Waals surface area (Å²) < 4.78 is 0. The van der Waals surface area contributed by atoms with Crippen molar-refractivity contribution in [3.05, 3.63) is 107 Å². The summed E-state index contributed by atoms with van der Waals surface area (Å²) in [6.45, 7) is 2.49. The van der Waals surface area contributed by atoms with Crippen molar-refractivity contribution in [2.75, 3.05) is 5.75 Å². The maximum Gasteiger partial charge on any atom is 0.243 e. The Morgan fingerprint density at radius 1 is 0.842 bits per heavy atom. The fourth-order valence-corrected chi connectivity index (χ4v) is 5.95. The maximum atomic E-state index is 13.8. The lowest BCUT2D eigenvalue weighted by Gasteiger charge is -2.33. The van der Waals surface area contributed by atoms with Gasteiger partial charge in [-0.3, -0.25) is 9.59 Å². The molecule has 0 spiro atoms. The lowest BCUT2D eigenvalue weighted by Crippen LogP contribution is -2.52. The third-order valence-electron chi connectivity index (χ3n) is 7.27. The number of rotatable bonds is 12. The van der Waals surface area contributed by atoms with Crippen LogP contribution in [0.1, 0.15) is 60.8 Å². The van der Waals surface area contributed by atoms with Gasteiger partial charge in [-0.15, -0.1) is 0 Å². The molecule has 0 bridgehead atoms. The molecular weight excluding hydrogens is 488 g/mol. The Bertz CT molecular complexity index is 1130. The number of nitrogens with zero attached hydrogens (tertiary/aromatic N) is 1. The summed E-state index contributed by atoms with van der Waals surface area (Å²) in [7, 11) is 0.